The van der Waals surface area contributed by atoms with E-state index in [2.05, 4.69) is 15.4 Å². The zero-order chi connectivity index (χ0) is 17.4. The average molecular weight is 370 g/mol. The molecule has 126 valence electrons. The van der Waals surface area contributed by atoms with Crippen molar-refractivity contribution in [2.75, 3.05) is 12.4 Å². The Morgan fingerprint density at radius 3 is 2.92 bits per heavy atom. The molecular formula is C17H14N4O2S2. The monoisotopic (exact) mass is 370 g/mol. The maximum Gasteiger partial charge on any atom is 0.266 e. The third kappa shape index (κ3) is 3.01. The van der Waals surface area contributed by atoms with Gasteiger partial charge in [-0.2, -0.15) is 9.78 Å². The molecule has 0 aliphatic heterocycles. The largest absolute Gasteiger partial charge is 0.497 e. The van der Waals surface area contributed by atoms with Crippen molar-refractivity contribution >= 4 is 44.6 Å². The lowest BCUT2D eigenvalue weighted by Crippen LogP contribution is -2.13. The normalized spacial score (nSPS) is 11.0. The van der Waals surface area contributed by atoms with Crippen molar-refractivity contribution in [3.05, 3.63) is 52.3 Å². The van der Waals surface area contributed by atoms with Crippen LogP contribution in [0.5, 0.6) is 5.75 Å². The van der Waals surface area contributed by atoms with Crippen LogP contribution in [0.3, 0.4) is 0 Å². The highest BCUT2D eigenvalue weighted by Gasteiger charge is 2.16. The number of nitrogens with one attached hydrogen (secondary N) is 1. The Morgan fingerprint density at radius 1 is 1.28 bits per heavy atom. The van der Waals surface area contributed by atoms with Crippen molar-refractivity contribution in [2.24, 2.45) is 0 Å². The third-order valence-corrected chi connectivity index (χ3v) is 5.46. The van der Waals surface area contributed by atoms with Crippen LogP contribution in [0.4, 0.5) is 5.82 Å². The zero-order valence-electron chi connectivity index (χ0n) is 13.5. The van der Waals surface area contributed by atoms with Crippen LogP contribution in [0.25, 0.3) is 15.3 Å². The molecule has 6 nitrogen and oxygen atoms in total. The maximum absolute atomic E-state index is 12.3. The first-order valence-corrected chi connectivity index (χ1v) is 9.20. The number of aryl methyl sites for hydroxylation is 1. The predicted molar refractivity (Wildman–Crippen MR) is 100 cm³/mol. The van der Waals surface area contributed by atoms with Gasteiger partial charge in [0.2, 0.25) is 5.13 Å². The van der Waals surface area contributed by atoms with E-state index in [1.807, 2.05) is 42.6 Å². The van der Waals surface area contributed by atoms with Crippen LogP contribution in [0.2, 0.25) is 0 Å². The zero-order valence-corrected chi connectivity index (χ0v) is 15.1. The molecule has 0 aliphatic rings. The molecule has 0 spiro atoms. The highest BCUT2D eigenvalue weighted by Crippen LogP contribution is 2.29. The molecule has 3 heterocycles. The topological polar surface area (TPSA) is 69.0 Å². The number of fused-ring (bicyclic) bond motifs is 1. The number of amides is 1. The number of thiazole rings is 1. The van der Waals surface area contributed by atoms with Gasteiger partial charge in [0.25, 0.3) is 5.91 Å². The smallest absolute Gasteiger partial charge is 0.266 e. The van der Waals surface area contributed by atoms with Gasteiger partial charge in [-0.1, -0.05) is 17.4 Å². The summed E-state index contributed by atoms with van der Waals surface area (Å²) in [6, 6.07) is 11.2. The molecule has 0 saturated carbocycles. The number of methoxy groups -OCH3 is 1. The van der Waals surface area contributed by atoms with Crippen LogP contribution in [-0.4, -0.2) is 27.8 Å². The number of carbonyl (C=O) groups is 1. The van der Waals surface area contributed by atoms with Gasteiger partial charge < -0.3 is 10.1 Å². The minimum atomic E-state index is -0.154. The van der Waals surface area contributed by atoms with Gasteiger partial charge in [-0.3, -0.25) is 4.79 Å². The summed E-state index contributed by atoms with van der Waals surface area (Å²) in [6.45, 7) is 1.88. The molecule has 3 aromatic heterocycles. The lowest BCUT2D eigenvalue weighted by Gasteiger charge is -2.04. The fourth-order valence-corrected chi connectivity index (χ4v) is 3.96. The Morgan fingerprint density at radius 2 is 2.16 bits per heavy atom. The van der Waals surface area contributed by atoms with E-state index < -0.39 is 0 Å². The van der Waals surface area contributed by atoms with Crippen molar-refractivity contribution in [1.29, 1.82) is 0 Å². The van der Waals surface area contributed by atoms with Crippen molar-refractivity contribution < 1.29 is 9.53 Å². The van der Waals surface area contributed by atoms with Crippen LogP contribution < -0.4 is 10.1 Å². The standard InChI is InChI=1S/C17H14N4O2S2/c1-10-8-15(19-16(22)14-4-3-7-24-14)21(20-10)17-18-12-9-11(23-2)5-6-13(12)25-17/h3-9H,1-2H3,(H,19,22). The van der Waals surface area contributed by atoms with Crippen LogP contribution in [0.15, 0.2) is 41.8 Å². The van der Waals surface area contributed by atoms with E-state index in [1.165, 1.54) is 22.7 Å². The lowest BCUT2D eigenvalue weighted by atomic mass is 10.3. The Hall–Kier alpha value is -2.71. The van der Waals surface area contributed by atoms with Crippen molar-refractivity contribution in [3.8, 4) is 10.9 Å². The molecule has 0 aliphatic carbocycles. The van der Waals surface area contributed by atoms with Gasteiger partial charge in [-0.05, 0) is 30.5 Å². The molecule has 4 rings (SSSR count). The van der Waals surface area contributed by atoms with E-state index >= 15 is 0 Å². The number of ether oxygens (including phenoxy) is 1. The summed E-state index contributed by atoms with van der Waals surface area (Å²) in [7, 11) is 1.63. The van der Waals surface area contributed by atoms with Crippen molar-refractivity contribution in [2.45, 2.75) is 6.92 Å². The summed E-state index contributed by atoms with van der Waals surface area (Å²) in [5, 5.41) is 9.95. The summed E-state index contributed by atoms with van der Waals surface area (Å²) in [6.07, 6.45) is 0. The fraction of sp³-hybridized carbons (Fsp3) is 0.118. The van der Waals surface area contributed by atoms with E-state index in [-0.39, 0.29) is 5.91 Å². The van der Waals surface area contributed by atoms with Gasteiger partial charge in [-0.15, -0.1) is 11.3 Å². The minimum absolute atomic E-state index is 0.154. The molecule has 0 atom stereocenters. The highest BCUT2D eigenvalue weighted by atomic mass is 32.1. The van der Waals surface area contributed by atoms with Crippen LogP contribution in [-0.2, 0) is 0 Å². The minimum Gasteiger partial charge on any atom is -0.497 e. The molecule has 4 aromatic rings. The van der Waals surface area contributed by atoms with Crippen LogP contribution >= 0.6 is 22.7 Å². The molecule has 0 bridgehead atoms. The fourth-order valence-electron chi connectivity index (χ4n) is 2.43. The van der Waals surface area contributed by atoms with Crippen molar-refractivity contribution in [1.82, 2.24) is 14.8 Å². The lowest BCUT2D eigenvalue weighted by molar-refractivity contribution is 0.103. The van der Waals surface area contributed by atoms with Crippen LogP contribution in [0.1, 0.15) is 15.4 Å². The van der Waals surface area contributed by atoms with Gasteiger partial charge in [0.05, 0.1) is 27.9 Å². The van der Waals surface area contributed by atoms with Gasteiger partial charge in [-0.25, -0.2) is 4.98 Å². The second kappa shape index (κ2) is 6.30. The predicted octanol–water partition coefficient (Wildman–Crippen LogP) is 4.11. The first kappa shape index (κ1) is 15.8. The van der Waals surface area contributed by atoms with Gasteiger partial charge in [0.1, 0.15) is 11.6 Å². The number of aromatic nitrogens is 3. The highest BCUT2D eigenvalue weighted by molar-refractivity contribution is 7.20. The molecule has 1 N–H and O–H groups in total. The Bertz CT molecular complexity index is 1050. The number of nitrogens with zero attached hydrogens (tertiary/aromatic N) is 3. The molecule has 1 aromatic carbocycles. The second-order valence-corrected chi connectivity index (χ2v) is 7.30. The summed E-state index contributed by atoms with van der Waals surface area (Å²) in [5.41, 5.74) is 1.64. The Kier molecular flexibility index (Phi) is 3.98. The quantitative estimate of drug-likeness (QED) is 0.587. The molecule has 0 fully saturated rings. The molecular weight excluding hydrogens is 356 g/mol. The van der Waals surface area contributed by atoms with Gasteiger partial charge in [0, 0.05) is 12.1 Å². The molecule has 0 unspecified atom stereocenters. The number of thiophene rings is 1. The molecule has 25 heavy (non-hydrogen) atoms. The van der Waals surface area contributed by atoms with Crippen molar-refractivity contribution in [3.63, 3.8) is 0 Å². The Labute approximate surface area is 151 Å². The van der Waals surface area contributed by atoms with E-state index in [1.54, 1.807) is 17.9 Å². The van der Waals surface area contributed by atoms with E-state index in [0.29, 0.717) is 15.8 Å². The number of rotatable bonds is 4. The first-order valence-electron chi connectivity index (χ1n) is 7.50. The van der Waals surface area contributed by atoms with Crippen LogP contribution in [0, 0.1) is 6.92 Å². The first-order chi connectivity index (χ1) is 12.1. The average Bonchev–Trinajstić information content (AvgIpc) is 3.33. The van der Waals surface area contributed by atoms with E-state index in [9.17, 15) is 4.79 Å². The summed E-state index contributed by atoms with van der Waals surface area (Å²) in [4.78, 5) is 17.6. The summed E-state index contributed by atoms with van der Waals surface area (Å²) >= 11 is 2.90. The molecule has 8 heteroatoms. The number of benzene rings is 1. The second-order valence-electron chi connectivity index (χ2n) is 5.34. The Balaban J connectivity index is 1.72. The summed E-state index contributed by atoms with van der Waals surface area (Å²) in [5.74, 6) is 1.20. The summed E-state index contributed by atoms with van der Waals surface area (Å²) < 4.78 is 7.94. The van der Waals surface area contributed by atoms with E-state index in [4.69, 9.17) is 4.74 Å². The van der Waals surface area contributed by atoms with Gasteiger partial charge in [0.15, 0.2) is 0 Å². The third-order valence-electron chi connectivity index (χ3n) is 3.58. The maximum atomic E-state index is 12.3. The number of carbonyl (C=O) groups excluding carboxylic acids is 1. The van der Waals surface area contributed by atoms with E-state index in [0.717, 1.165) is 21.7 Å². The molecule has 0 saturated heterocycles. The number of hydrogen-bond acceptors (Lipinski definition) is 6. The number of hydrogen-bond donors (Lipinski definition) is 1. The molecule has 0 radical (unpaired) electrons. The SMILES string of the molecule is COc1ccc2sc(-n3nc(C)cc3NC(=O)c3cccs3)nc2c1. The molecule has 1 amide bonds. The van der Waals surface area contributed by atoms with Gasteiger partial charge >= 0.3 is 0 Å². The number of anilines is 1.